The number of rotatable bonds is 5. The van der Waals surface area contributed by atoms with E-state index in [0.717, 1.165) is 36.4 Å². The van der Waals surface area contributed by atoms with Gasteiger partial charge in [-0.05, 0) is 41.8 Å². The average Bonchev–Trinajstić information content (AvgIpc) is 2.75. The molecule has 1 radical (unpaired) electrons. The smallest absolute Gasteiger partial charge is 0.297 e. The number of nitrogens with one attached hydrogen (secondary N) is 1. The lowest BCUT2D eigenvalue weighted by Crippen LogP contribution is -2.03. The Hall–Kier alpha value is -3.67. The summed E-state index contributed by atoms with van der Waals surface area (Å²) in [6.45, 7) is 0. The normalized spacial score (nSPS) is 13.1. The number of fused-ring (bicyclic) bond motifs is 2. The van der Waals surface area contributed by atoms with Crippen LogP contribution in [0, 0.1) is 0 Å². The van der Waals surface area contributed by atoms with E-state index >= 15 is 0 Å². The highest BCUT2D eigenvalue weighted by Gasteiger charge is 2.25. The molecule has 0 aliphatic rings. The van der Waals surface area contributed by atoms with Crippen LogP contribution in [0.5, 0.6) is 5.75 Å². The van der Waals surface area contributed by atoms with Crippen molar-refractivity contribution < 1.29 is 44.0 Å². The minimum Gasteiger partial charge on any atom is -0.505 e. The summed E-state index contributed by atoms with van der Waals surface area (Å²) < 4.78 is 101. The van der Waals surface area contributed by atoms with Crippen LogP contribution in [0.4, 0.5) is 17.1 Å². The first-order valence-corrected chi connectivity index (χ1v) is 13.8. The summed E-state index contributed by atoms with van der Waals surface area (Å²) in [6, 6.07) is 9.97. The molecule has 36 heavy (non-hydrogen) atoms. The van der Waals surface area contributed by atoms with Crippen LogP contribution < -0.4 is 5.73 Å². The van der Waals surface area contributed by atoms with E-state index in [1.165, 1.54) is 18.2 Å². The standard InChI is InChI=1S/C20H14N3O10S3/c21-11-4-5-12-10(8-11)9-17(35(28,29)30)18(19(12)24)23-22-15-7-6-13-14(20(15)36(31,32)33)2-1-3-16(13)34(25,26)27/h1-9,21,24H,(H,25,26,27)(H,28,29,30)(H,31,32,33)/b23-22+. The summed E-state index contributed by atoms with van der Waals surface area (Å²) in [5, 5.41) is 17.4. The van der Waals surface area contributed by atoms with Gasteiger partial charge >= 0.3 is 0 Å². The molecule has 0 aliphatic carbocycles. The third-order valence-corrected chi connectivity index (χ3v) is 7.80. The van der Waals surface area contributed by atoms with Gasteiger partial charge < -0.3 is 10.8 Å². The molecular formula is C20H14N3O10S3. The highest BCUT2D eigenvalue weighted by atomic mass is 32.2. The molecule has 0 unspecified atom stereocenters. The van der Waals surface area contributed by atoms with Gasteiger partial charge in [-0.1, -0.05) is 18.2 Å². The summed E-state index contributed by atoms with van der Waals surface area (Å²) in [5.41, 5.74) is 6.28. The summed E-state index contributed by atoms with van der Waals surface area (Å²) in [7, 11) is -14.9. The molecule has 0 atom stereocenters. The maximum absolute atomic E-state index is 12.2. The fraction of sp³-hybridized carbons (Fsp3) is 0. The second kappa shape index (κ2) is 8.47. The van der Waals surface area contributed by atoms with E-state index in [1.807, 2.05) is 0 Å². The largest absolute Gasteiger partial charge is 0.505 e. The van der Waals surface area contributed by atoms with Crippen LogP contribution >= 0.6 is 0 Å². The van der Waals surface area contributed by atoms with Crippen molar-refractivity contribution in [1.29, 1.82) is 0 Å². The van der Waals surface area contributed by atoms with Gasteiger partial charge in [0.25, 0.3) is 30.4 Å². The lowest BCUT2D eigenvalue weighted by Gasteiger charge is -2.11. The Morgan fingerprint density at radius 3 is 1.92 bits per heavy atom. The number of benzene rings is 4. The van der Waals surface area contributed by atoms with Crippen LogP contribution in [0.2, 0.25) is 0 Å². The van der Waals surface area contributed by atoms with E-state index in [4.69, 9.17) is 5.73 Å². The molecule has 0 saturated carbocycles. The third-order valence-electron chi connectivity index (χ3n) is 5.07. The summed E-state index contributed by atoms with van der Waals surface area (Å²) in [4.78, 5) is -2.46. The van der Waals surface area contributed by atoms with E-state index in [2.05, 4.69) is 10.2 Å². The quantitative estimate of drug-likeness (QED) is 0.207. The highest BCUT2D eigenvalue weighted by molar-refractivity contribution is 7.86. The van der Waals surface area contributed by atoms with E-state index in [9.17, 15) is 44.0 Å². The zero-order chi connectivity index (χ0) is 26.6. The molecule has 0 spiro atoms. The number of hydrogen-bond acceptors (Lipinski definition) is 9. The molecule has 0 bridgehead atoms. The molecule has 5 N–H and O–H groups in total. The van der Waals surface area contributed by atoms with Gasteiger partial charge in [0, 0.05) is 16.2 Å². The Labute approximate surface area is 203 Å². The first kappa shape index (κ1) is 25.4. The van der Waals surface area contributed by atoms with Crippen molar-refractivity contribution in [2.24, 2.45) is 10.2 Å². The molecule has 4 rings (SSSR count). The van der Waals surface area contributed by atoms with Crippen molar-refractivity contribution in [2.75, 3.05) is 0 Å². The van der Waals surface area contributed by atoms with E-state index < -0.39 is 62.2 Å². The van der Waals surface area contributed by atoms with E-state index in [0.29, 0.717) is 0 Å². The predicted molar refractivity (Wildman–Crippen MR) is 126 cm³/mol. The molecule has 13 nitrogen and oxygen atoms in total. The summed E-state index contributed by atoms with van der Waals surface area (Å²) >= 11 is 0. The minimum absolute atomic E-state index is 0.0178. The van der Waals surface area contributed by atoms with Crippen molar-refractivity contribution in [3.63, 3.8) is 0 Å². The Morgan fingerprint density at radius 1 is 0.667 bits per heavy atom. The van der Waals surface area contributed by atoms with Crippen molar-refractivity contribution in [3.05, 3.63) is 54.6 Å². The Kier molecular flexibility index (Phi) is 5.98. The van der Waals surface area contributed by atoms with E-state index in [1.54, 1.807) is 0 Å². The first-order valence-electron chi connectivity index (χ1n) is 9.50. The maximum Gasteiger partial charge on any atom is 0.297 e. The molecule has 4 aromatic carbocycles. The summed E-state index contributed by atoms with van der Waals surface area (Å²) in [6.07, 6.45) is 0. The van der Waals surface area contributed by atoms with Gasteiger partial charge in [0.2, 0.25) is 0 Å². The highest BCUT2D eigenvalue weighted by Crippen LogP contribution is 2.43. The molecule has 0 aliphatic heterocycles. The molecule has 0 fully saturated rings. The summed E-state index contributed by atoms with van der Waals surface area (Å²) in [5.74, 6) is -0.758. The fourth-order valence-electron chi connectivity index (χ4n) is 3.61. The van der Waals surface area contributed by atoms with Gasteiger partial charge in [-0.15, -0.1) is 10.2 Å². The van der Waals surface area contributed by atoms with E-state index in [-0.39, 0.29) is 27.2 Å². The number of phenols is 1. The molecule has 0 amide bonds. The van der Waals surface area contributed by atoms with Crippen LogP contribution in [0.15, 0.2) is 79.5 Å². The Bertz CT molecular complexity index is 1940. The average molecular weight is 553 g/mol. The van der Waals surface area contributed by atoms with Gasteiger partial charge in [-0.3, -0.25) is 13.7 Å². The van der Waals surface area contributed by atoms with Gasteiger partial charge in [0.1, 0.15) is 26.1 Å². The Balaban J connectivity index is 2.04. The maximum atomic E-state index is 12.2. The van der Waals surface area contributed by atoms with Gasteiger partial charge in [0.15, 0.2) is 5.75 Å². The molecule has 16 heteroatoms. The number of azo groups is 1. The molecule has 187 valence electrons. The molecule has 0 heterocycles. The second-order valence-electron chi connectivity index (χ2n) is 7.40. The number of hydrogen-bond donors (Lipinski definition) is 4. The van der Waals surface area contributed by atoms with Crippen LogP contribution in [-0.4, -0.2) is 44.0 Å². The topological polar surface area (TPSA) is 232 Å². The van der Waals surface area contributed by atoms with Crippen LogP contribution in [0.25, 0.3) is 21.5 Å². The van der Waals surface area contributed by atoms with Crippen molar-refractivity contribution in [3.8, 4) is 5.75 Å². The lowest BCUT2D eigenvalue weighted by molar-refractivity contribution is 0.472. The van der Waals surface area contributed by atoms with Gasteiger partial charge in [-0.25, -0.2) is 0 Å². The van der Waals surface area contributed by atoms with Gasteiger partial charge in [-0.2, -0.15) is 25.3 Å². The van der Waals surface area contributed by atoms with Gasteiger partial charge in [0.05, 0.1) is 5.69 Å². The molecule has 0 saturated heterocycles. The lowest BCUT2D eigenvalue weighted by atomic mass is 10.1. The number of phenolic OH excluding ortho intramolecular Hbond substituents is 1. The molecular weight excluding hydrogens is 538 g/mol. The SMILES string of the molecule is [NH]c1ccc2c(O)c(/N=N/c3ccc4c(S(=O)(=O)O)cccc4c3S(=O)(=O)O)c(S(=O)(=O)O)cc2c1. The monoisotopic (exact) mass is 552 g/mol. The fourth-order valence-corrected chi connectivity index (χ4v) is 5.81. The number of nitrogens with zero attached hydrogens (tertiary/aromatic N) is 2. The number of aromatic hydroxyl groups is 1. The Morgan fingerprint density at radius 2 is 1.31 bits per heavy atom. The zero-order valence-electron chi connectivity index (χ0n) is 17.6. The van der Waals surface area contributed by atoms with Crippen LogP contribution in [0.3, 0.4) is 0 Å². The first-order chi connectivity index (χ1) is 16.6. The second-order valence-corrected chi connectivity index (χ2v) is 11.5. The van der Waals surface area contributed by atoms with Crippen molar-refractivity contribution in [2.45, 2.75) is 14.7 Å². The predicted octanol–water partition coefficient (Wildman–Crippen LogP) is 3.77. The van der Waals surface area contributed by atoms with Crippen molar-refractivity contribution in [1.82, 2.24) is 5.73 Å². The molecule has 0 aromatic heterocycles. The van der Waals surface area contributed by atoms with Crippen LogP contribution in [0.1, 0.15) is 0 Å². The van der Waals surface area contributed by atoms with Crippen LogP contribution in [-0.2, 0) is 30.4 Å². The third kappa shape index (κ3) is 4.60. The molecule has 4 aromatic rings. The minimum atomic E-state index is -5.10. The van der Waals surface area contributed by atoms with Crippen molar-refractivity contribution >= 4 is 69.0 Å². The zero-order valence-corrected chi connectivity index (χ0v) is 20.0.